The maximum absolute atomic E-state index is 12.4. The Hall–Kier alpha value is -1.04. The van der Waals surface area contributed by atoms with Crippen LogP contribution in [0.5, 0.6) is 0 Å². The van der Waals surface area contributed by atoms with Crippen molar-refractivity contribution in [3.8, 4) is 0 Å². The summed E-state index contributed by atoms with van der Waals surface area (Å²) in [6.07, 6.45) is -1.71. The molecule has 80 valence electrons. The van der Waals surface area contributed by atoms with Gasteiger partial charge >= 0.3 is 6.18 Å². The summed E-state index contributed by atoms with van der Waals surface area (Å²) in [5, 5.41) is 0.524. The second-order valence-electron chi connectivity index (χ2n) is 3.05. The summed E-state index contributed by atoms with van der Waals surface area (Å²) in [5.41, 5.74) is 0.542. The molecule has 0 fully saturated rings. The minimum absolute atomic E-state index is 0.512. The van der Waals surface area contributed by atoms with Gasteiger partial charge in [0.05, 0.1) is 11.3 Å². The van der Waals surface area contributed by atoms with Gasteiger partial charge in [0.1, 0.15) is 5.65 Å². The van der Waals surface area contributed by atoms with Crippen LogP contribution in [0.1, 0.15) is 11.3 Å². The summed E-state index contributed by atoms with van der Waals surface area (Å²) in [5.74, 6) is 0. The lowest BCUT2D eigenvalue weighted by Gasteiger charge is -2.05. The summed E-state index contributed by atoms with van der Waals surface area (Å²) in [7, 11) is 0. The molecular weight excluding hydrogens is 273 g/mol. The number of fused-ring (bicyclic) bond motifs is 1. The molecule has 2 aromatic rings. The minimum Gasteiger partial charge on any atom is -0.306 e. The second kappa shape index (κ2) is 3.52. The average Bonchev–Trinajstić information content (AvgIpc) is 2.57. The van der Waals surface area contributed by atoms with E-state index < -0.39 is 11.7 Å². The van der Waals surface area contributed by atoms with Crippen LogP contribution in [0.25, 0.3) is 5.65 Å². The van der Waals surface area contributed by atoms with Crippen LogP contribution in [0.3, 0.4) is 0 Å². The fourth-order valence-corrected chi connectivity index (χ4v) is 1.55. The van der Waals surface area contributed by atoms with Gasteiger partial charge in [-0.3, -0.25) is 0 Å². The molecule has 0 aliphatic heterocycles. The third-order valence-electron chi connectivity index (χ3n) is 1.97. The molecule has 2 aromatic heterocycles. The SMILES string of the molecule is FC(F)(F)c1ccc2nc(CBr)cn2c1. The van der Waals surface area contributed by atoms with Gasteiger partial charge < -0.3 is 4.40 Å². The molecule has 2 heterocycles. The highest BCUT2D eigenvalue weighted by atomic mass is 79.9. The van der Waals surface area contributed by atoms with Crippen LogP contribution >= 0.6 is 15.9 Å². The third kappa shape index (κ3) is 1.99. The molecule has 0 aromatic carbocycles. The predicted molar refractivity (Wildman–Crippen MR) is 52.8 cm³/mol. The Morgan fingerprint density at radius 2 is 2.00 bits per heavy atom. The molecule has 0 amide bonds. The van der Waals surface area contributed by atoms with E-state index in [-0.39, 0.29) is 0 Å². The Labute approximate surface area is 91.9 Å². The van der Waals surface area contributed by atoms with Crippen LogP contribution in [0.15, 0.2) is 24.5 Å². The van der Waals surface area contributed by atoms with Crippen molar-refractivity contribution in [2.75, 3.05) is 0 Å². The van der Waals surface area contributed by atoms with E-state index in [9.17, 15) is 13.2 Å². The highest BCUT2D eigenvalue weighted by Crippen LogP contribution is 2.29. The van der Waals surface area contributed by atoms with Crippen molar-refractivity contribution in [2.45, 2.75) is 11.5 Å². The average molecular weight is 279 g/mol. The lowest BCUT2D eigenvalue weighted by molar-refractivity contribution is -0.137. The number of aromatic nitrogens is 2. The first kappa shape index (κ1) is 10.5. The van der Waals surface area contributed by atoms with Gasteiger partial charge in [-0.15, -0.1) is 0 Å². The van der Waals surface area contributed by atoms with E-state index in [4.69, 9.17) is 0 Å². The molecule has 0 aliphatic rings. The van der Waals surface area contributed by atoms with Gasteiger partial charge in [-0.2, -0.15) is 13.2 Å². The quantitative estimate of drug-likeness (QED) is 0.732. The van der Waals surface area contributed by atoms with Gasteiger partial charge in [0.2, 0.25) is 0 Å². The minimum atomic E-state index is -4.31. The van der Waals surface area contributed by atoms with Gasteiger partial charge in [0.15, 0.2) is 0 Å². The van der Waals surface area contributed by atoms with Gasteiger partial charge in [-0.1, -0.05) is 15.9 Å². The van der Waals surface area contributed by atoms with Crippen LogP contribution in [0.2, 0.25) is 0 Å². The molecule has 0 bridgehead atoms. The maximum atomic E-state index is 12.4. The summed E-state index contributed by atoms with van der Waals surface area (Å²) >= 11 is 3.20. The topological polar surface area (TPSA) is 17.3 Å². The highest BCUT2D eigenvalue weighted by Gasteiger charge is 2.30. The van der Waals surface area contributed by atoms with Gasteiger partial charge in [0.25, 0.3) is 0 Å². The Kier molecular flexibility index (Phi) is 2.46. The lowest BCUT2D eigenvalue weighted by atomic mass is 10.3. The van der Waals surface area contributed by atoms with Crippen LogP contribution in [-0.4, -0.2) is 9.38 Å². The first-order valence-corrected chi connectivity index (χ1v) is 5.23. The fraction of sp³-hybridized carbons (Fsp3) is 0.222. The zero-order valence-corrected chi connectivity index (χ0v) is 9.01. The third-order valence-corrected chi connectivity index (χ3v) is 2.54. The molecule has 0 unspecified atom stereocenters. The van der Waals surface area contributed by atoms with E-state index in [1.165, 1.54) is 10.5 Å². The van der Waals surface area contributed by atoms with Crippen molar-refractivity contribution < 1.29 is 13.2 Å². The molecule has 2 nitrogen and oxygen atoms in total. The van der Waals surface area contributed by atoms with Crippen molar-refractivity contribution in [1.29, 1.82) is 0 Å². The molecule has 0 spiro atoms. The Morgan fingerprint density at radius 3 is 2.60 bits per heavy atom. The summed E-state index contributed by atoms with van der Waals surface area (Å²) in [4.78, 5) is 4.10. The maximum Gasteiger partial charge on any atom is 0.417 e. The number of alkyl halides is 4. The first-order chi connectivity index (χ1) is 7.00. The smallest absolute Gasteiger partial charge is 0.306 e. The molecular formula is C9H6BrF3N2. The number of hydrogen-bond donors (Lipinski definition) is 0. The standard InChI is InChI=1S/C9H6BrF3N2/c10-3-7-5-15-4-6(9(11,12)13)1-2-8(15)14-7/h1-2,4-5H,3H2. The number of hydrogen-bond acceptors (Lipinski definition) is 1. The predicted octanol–water partition coefficient (Wildman–Crippen LogP) is 3.25. The van der Waals surface area contributed by atoms with E-state index in [0.717, 1.165) is 12.3 Å². The van der Waals surface area contributed by atoms with Gasteiger partial charge in [-0.25, -0.2) is 4.98 Å². The van der Waals surface area contributed by atoms with Crippen molar-refractivity contribution in [3.05, 3.63) is 35.8 Å². The van der Waals surface area contributed by atoms with Crippen LogP contribution < -0.4 is 0 Å². The summed E-state index contributed by atoms with van der Waals surface area (Å²) in [6.45, 7) is 0. The molecule has 6 heteroatoms. The van der Waals surface area contributed by atoms with E-state index >= 15 is 0 Å². The van der Waals surface area contributed by atoms with Crippen molar-refractivity contribution in [2.24, 2.45) is 0 Å². The molecule has 2 rings (SSSR count). The van der Waals surface area contributed by atoms with E-state index in [1.54, 1.807) is 6.20 Å². The number of nitrogens with zero attached hydrogens (tertiary/aromatic N) is 2. The number of pyridine rings is 1. The van der Waals surface area contributed by atoms with Gasteiger partial charge in [0, 0.05) is 17.7 Å². The van der Waals surface area contributed by atoms with Crippen LogP contribution in [0.4, 0.5) is 13.2 Å². The zero-order chi connectivity index (χ0) is 11.1. The summed E-state index contributed by atoms with van der Waals surface area (Å²) < 4.78 is 38.5. The Morgan fingerprint density at radius 1 is 1.27 bits per heavy atom. The number of imidazole rings is 1. The van der Waals surface area contributed by atoms with Gasteiger partial charge in [-0.05, 0) is 12.1 Å². The Bertz CT molecular complexity index is 490. The zero-order valence-electron chi connectivity index (χ0n) is 7.42. The van der Waals surface area contributed by atoms with Crippen molar-refractivity contribution >= 4 is 21.6 Å². The molecule has 0 saturated carbocycles. The fourth-order valence-electron chi connectivity index (χ4n) is 1.28. The number of rotatable bonds is 1. The van der Waals surface area contributed by atoms with Crippen molar-refractivity contribution in [1.82, 2.24) is 9.38 Å². The first-order valence-electron chi connectivity index (χ1n) is 4.11. The van der Waals surface area contributed by atoms with Crippen LogP contribution in [0, 0.1) is 0 Å². The van der Waals surface area contributed by atoms with E-state index in [2.05, 4.69) is 20.9 Å². The normalized spacial score (nSPS) is 12.3. The Balaban J connectivity index is 2.55. The summed E-state index contributed by atoms with van der Waals surface area (Å²) in [6, 6.07) is 2.38. The molecule has 0 radical (unpaired) electrons. The monoisotopic (exact) mass is 278 g/mol. The second-order valence-corrected chi connectivity index (χ2v) is 3.61. The molecule has 0 saturated heterocycles. The van der Waals surface area contributed by atoms with E-state index in [0.29, 0.717) is 16.7 Å². The highest BCUT2D eigenvalue weighted by molar-refractivity contribution is 9.08. The largest absolute Gasteiger partial charge is 0.417 e. The van der Waals surface area contributed by atoms with E-state index in [1.807, 2.05) is 0 Å². The van der Waals surface area contributed by atoms with Crippen molar-refractivity contribution in [3.63, 3.8) is 0 Å². The molecule has 0 atom stereocenters. The van der Waals surface area contributed by atoms with Crippen LogP contribution in [-0.2, 0) is 11.5 Å². The lowest BCUT2D eigenvalue weighted by Crippen LogP contribution is -2.05. The number of halogens is 4. The molecule has 15 heavy (non-hydrogen) atoms. The molecule has 0 aliphatic carbocycles. The molecule has 0 N–H and O–H groups in total.